The summed E-state index contributed by atoms with van der Waals surface area (Å²) < 4.78 is 11.0. The van der Waals surface area contributed by atoms with E-state index in [4.69, 9.17) is 9.47 Å². The van der Waals surface area contributed by atoms with Crippen LogP contribution in [-0.4, -0.2) is 26.4 Å². The van der Waals surface area contributed by atoms with E-state index < -0.39 is 0 Å². The molecule has 0 radical (unpaired) electrons. The number of benzene rings is 1. The van der Waals surface area contributed by atoms with Crippen LogP contribution in [0.2, 0.25) is 0 Å². The molecule has 0 unspecified atom stereocenters. The third-order valence-corrected chi connectivity index (χ3v) is 2.86. The highest BCUT2D eigenvalue weighted by molar-refractivity contribution is 5.14. The minimum atomic E-state index is 0.723. The number of hydrogen-bond acceptors (Lipinski definition) is 2. The average Bonchev–Trinajstić information content (AvgIpc) is 2.42. The van der Waals surface area contributed by atoms with Gasteiger partial charge in [0.25, 0.3) is 0 Å². The van der Waals surface area contributed by atoms with E-state index >= 15 is 0 Å². The molecule has 0 saturated carbocycles. The van der Waals surface area contributed by atoms with Crippen LogP contribution in [0.25, 0.3) is 0 Å². The van der Waals surface area contributed by atoms with Gasteiger partial charge in [0.1, 0.15) is 0 Å². The Balaban J connectivity index is 1.82. The maximum atomic E-state index is 5.54. The summed E-state index contributed by atoms with van der Waals surface area (Å²) in [6.07, 6.45) is 5.86. The Bertz CT molecular complexity index is 272. The molecular weight excluding hydrogens is 224 g/mol. The maximum Gasteiger partial charge on any atom is 0.0700 e. The van der Waals surface area contributed by atoms with E-state index in [0.717, 1.165) is 39.3 Å². The number of ether oxygens (including phenoxy) is 2. The second-order valence-corrected chi connectivity index (χ2v) is 4.52. The SMILES string of the molecule is CCCCCOCCOCCCc1ccccc1. The average molecular weight is 250 g/mol. The van der Waals surface area contributed by atoms with E-state index in [1.807, 2.05) is 0 Å². The Kier molecular flexibility index (Phi) is 9.49. The quantitative estimate of drug-likeness (QED) is 0.555. The summed E-state index contributed by atoms with van der Waals surface area (Å²) in [5.74, 6) is 0. The van der Waals surface area contributed by atoms with Gasteiger partial charge in [-0.2, -0.15) is 0 Å². The maximum absolute atomic E-state index is 5.54. The van der Waals surface area contributed by atoms with Crippen molar-refractivity contribution in [1.29, 1.82) is 0 Å². The Hall–Kier alpha value is -0.860. The van der Waals surface area contributed by atoms with Gasteiger partial charge in [0, 0.05) is 13.2 Å². The highest BCUT2D eigenvalue weighted by Gasteiger charge is 1.93. The van der Waals surface area contributed by atoms with Gasteiger partial charge < -0.3 is 9.47 Å². The molecule has 0 saturated heterocycles. The first kappa shape index (κ1) is 15.2. The topological polar surface area (TPSA) is 18.5 Å². The van der Waals surface area contributed by atoms with Gasteiger partial charge in [0.2, 0.25) is 0 Å². The van der Waals surface area contributed by atoms with E-state index in [-0.39, 0.29) is 0 Å². The van der Waals surface area contributed by atoms with Crippen molar-refractivity contribution in [2.24, 2.45) is 0 Å². The van der Waals surface area contributed by atoms with Crippen LogP contribution in [0.15, 0.2) is 30.3 Å². The molecule has 0 heterocycles. The summed E-state index contributed by atoms with van der Waals surface area (Å²) >= 11 is 0. The molecule has 1 rings (SSSR count). The van der Waals surface area contributed by atoms with Gasteiger partial charge >= 0.3 is 0 Å². The van der Waals surface area contributed by atoms with E-state index in [9.17, 15) is 0 Å². The molecule has 0 spiro atoms. The van der Waals surface area contributed by atoms with Gasteiger partial charge in [-0.25, -0.2) is 0 Å². The lowest BCUT2D eigenvalue weighted by Gasteiger charge is -2.05. The fourth-order valence-corrected chi connectivity index (χ4v) is 1.80. The predicted molar refractivity (Wildman–Crippen MR) is 75.9 cm³/mol. The van der Waals surface area contributed by atoms with Crippen molar-refractivity contribution in [3.05, 3.63) is 35.9 Å². The van der Waals surface area contributed by atoms with Gasteiger partial charge in [0.15, 0.2) is 0 Å². The molecule has 0 atom stereocenters. The number of aryl methyl sites for hydroxylation is 1. The highest BCUT2D eigenvalue weighted by atomic mass is 16.5. The van der Waals surface area contributed by atoms with Gasteiger partial charge in [-0.3, -0.25) is 0 Å². The van der Waals surface area contributed by atoms with Gasteiger partial charge in [-0.05, 0) is 24.8 Å². The van der Waals surface area contributed by atoms with E-state index in [1.165, 1.54) is 24.8 Å². The summed E-state index contributed by atoms with van der Waals surface area (Å²) in [4.78, 5) is 0. The number of rotatable bonds is 11. The monoisotopic (exact) mass is 250 g/mol. The Morgan fingerprint density at radius 1 is 0.778 bits per heavy atom. The predicted octanol–water partition coefficient (Wildman–Crippen LogP) is 3.84. The van der Waals surface area contributed by atoms with Crippen LogP contribution in [0.3, 0.4) is 0 Å². The van der Waals surface area contributed by atoms with Crippen LogP contribution in [-0.2, 0) is 15.9 Å². The van der Waals surface area contributed by atoms with Crippen LogP contribution >= 0.6 is 0 Å². The second-order valence-electron chi connectivity index (χ2n) is 4.52. The minimum absolute atomic E-state index is 0.723. The lowest BCUT2D eigenvalue weighted by molar-refractivity contribution is 0.0456. The molecule has 0 aliphatic carbocycles. The molecular formula is C16H26O2. The number of unbranched alkanes of at least 4 members (excludes halogenated alkanes) is 2. The standard InChI is InChI=1S/C16H26O2/c1-2-3-7-12-17-14-15-18-13-8-11-16-9-5-4-6-10-16/h4-6,9-10H,2-3,7-8,11-15H2,1H3. The van der Waals surface area contributed by atoms with Crippen molar-refractivity contribution < 1.29 is 9.47 Å². The first-order valence-corrected chi connectivity index (χ1v) is 7.13. The molecule has 102 valence electrons. The second kappa shape index (κ2) is 11.2. The van der Waals surface area contributed by atoms with Gasteiger partial charge in [-0.1, -0.05) is 50.1 Å². The minimum Gasteiger partial charge on any atom is -0.379 e. The molecule has 1 aromatic carbocycles. The molecule has 18 heavy (non-hydrogen) atoms. The summed E-state index contributed by atoms with van der Waals surface area (Å²) in [6, 6.07) is 10.5. The van der Waals surface area contributed by atoms with Crippen molar-refractivity contribution in [2.75, 3.05) is 26.4 Å². The van der Waals surface area contributed by atoms with Crippen LogP contribution in [0.1, 0.15) is 38.2 Å². The lowest BCUT2D eigenvalue weighted by Crippen LogP contribution is -2.06. The van der Waals surface area contributed by atoms with Crippen molar-refractivity contribution in [3.63, 3.8) is 0 Å². The van der Waals surface area contributed by atoms with Crippen LogP contribution in [0.4, 0.5) is 0 Å². The van der Waals surface area contributed by atoms with Crippen LogP contribution in [0, 0.1) is 0 Å². The third-order valence-electron chi connectivity index (χ3n) is 2.86. The summed E-state index contributed by atoms with van der Waals surface area (Å²) in [5.41, 5.74) is 1.39. The molecule has 2 nitrogen and oxygen atoms in total. The molecule has 0 N–H and O–H groups in total. The Labute approximate surface area is 111 Å². The zero-order valence-electron chi connectivity index (χ0n) is 11.6. The van der Waals surface area contributed by atoms with E-state index in [0.29, 0.717) is 0 Å². The van der Waals surface area contributed by atoms with Crippen LogP contribution in [0.5, 0.6) is 0 Å². The summed E-state index contributed by atoms with van der Waals surface area (Å²) in [7, 11) is 0. The first-order valence-electron chi connectivity index (χ1n) is 7.13. The largest absolute Gasteiger partial charge is 0.379 e. The molecule has 1 aromatic rings. The molecule has 0 aromatic heterocycles. The summed E-state index contributed by atoms with van der Waals surface area (Å²) in [6.45, 7) is 5.36. The van der Waals surface area contributed by atoms with Crippen molar-refractivity contribution in [2.45, 2.75) is 39.0 Å². The fourth-order valence-electron chi connectivity index (χ4n) is 1.80. The zero-order valence-corrected chi connectivity index (χ0v) is 11.6. The first-order chi connectivity index (χ1) is 8.93. The molecule has 0 aliphatic heterocycles. The third kappa shape index (κ3) is 8.26. The van der Waals surface area contributed by atoms with E-state index in [2.05, 4.69) is 37.3 Å². The van der Waals surface area contributed by atoms with Crippen molar-refractivity contribution in [1.82, 2.24) is 0 Å². The van der Waals surface area contributed by atoms with Crippen molar-refractivity contribution in [3.8, 4) is 0 Å². The van der Waals surface area contributed by atoms with Crippen molar-refractivity contribution >= 4 is 0 Å². The molecule has 0 aliphatic rings. The Morgan fingerprint density at radius 3 is 2.11 bits per heavy atom. The van der Waals surface area contributed by atoms with Crippen LogP contribution < -0.4 is 0 Å². The molecule has 0 bridgehead atoms. The molecule has 0 fully saturated rings. The smallest absolute Gasteiger partial charge is 0.0700 e. The highest BCUT2D eigenvalue weighted by Crippen LogP contribution is 2.02. The lowest BCUT2D eigenvalue weighted by atomic mass is 10.1. The molecule has 0 amide bonds. The van der Waals surface area contributed by atoms with Gasteiger partial charge in [0.05, 0.1) is 13.2 Å². The van der Waals surface area contributed by atoms with E-state index in [1.54, 1.807) is 0 Å². The van der Waals surface area contributed by atoms with Gasteiger partial charge in [-0.15, -0.1) is 0 Å². The fraction of sp³-hybridized carbons (Fsp3) is 0.625. The zero-order chi connectivity index (χ0) is 12.9. The number of hydrogen-bond donors (Lipinski definition) is 0. The normalized spacial score (nSPS) is 10.7. The molecule has 2 heteroatoms. The Morgan fingerprint density at radius 2 is 1.44 bits per heavy atom. The summed E-state index contributed by atoms with van der Waals surface area (Å²) in [5, 5.41) is 0.